The highest BCUT2D eigenvalue weighted by Gasteiger charge is 2.15. The zero-order chi connectivity index (χ0) is 16.1. The van der Waals surface area contributed by atoms with Crippen molar-refractivity contribution in [2.75, 3.05) is 7.11 Å². The second kappa shape index (κ2) is 7.62. The predicted octanol–water partition coefficient (Wildman–Crippen LogP) is 3.40. The van der Waals surface area contributed by atoms with Gasteiger partial charge < -0.3 is 9.47 Å². The summed E-state index contributed by atoms with van der Waals surface area (Å²) in [5.74, 6) is 5.71. The molecule has 0 aromatic heterocycles. The van der Waals surface area contributed by atoms with E-state index in [2.05, 4.69) is 37.3 Å². The standard InChI is InChI=1S/C15H14Br2N2O3/c1-21-13-7-10(15(20)19-18)6-12(17)14(13)22-8-9-3-2-4-11(16)5-9/h2-7H,8,18H2,1H3,(H,19,20). The summed E-state index contributed by atoms with van der Waals surface area (Å²) < 4.78 is 12.7. The maximum absolute atomic E-state index is 11.6. The second-order valence-corrected chi connectivity index (χ2v) is 6.15. The van der Waals surface area contributed by atoms with Crippen molar-refractivity contribution in [2.45, 2.75) is 6.61 Å². The molecule has 1 amide bonds. The van der Waals surface area contributed by atoms with Crippen LogP contribution >= 0.6 is 31.9 Å². The summed E-state index contributed by atoms with van der Waals surface area (Å²) in [6.45, 7) is 0.372. The van der Waals surface area contributed by atoms with E-state index in [0.717, 1.165) is 10.0 Å². The Bertz CT molecular complexity index is 692. The number of nitrogen functional groups attached to an aromatic ring is 1. The maximum Gasteiger partial charge on any atom is 0.265 e. The first-order chi connectivity index (χ1) is 10.5. The number of hydrazine groups is 1. The van der Waals surface area contributed by atoms with Crippen molar-refractivity contribution in [3.05, 3.63) is 56.5 Å². The van der Waals surface area contributed by atoms with Crippen LogP contribution in [0.5, 0.6) is 11.5 Å². The van der Waals surface area contributed by atoms with Gasteiger partial charge in [0.2, 0.25) is 0 Å². The molecule has 0 radical (unpaired) electrons. The molecule has 5 nitrogen and oxygen atoms in total. The summed E-state index contributed by atoms with van der Waals surface area (Å²) >= 11 is 6.81. The number of nitrogens with two attached hydrogens (primary N) is 1. The molecular formula is C15H14Br2N2O3. The molecule has 2 rings (SSSR count). The molecule has 0 saturated carbocycles. The number of amides is 1. The van der Waals surface area contributed by atoms with Crippen molar-refractivity contribution in [2.24, 2.45) is 5.84 Å². The average Bonchev–Trinajstić information content (AvgIpc) is 2.52. The minimum Gasteiger partial charge on any atom is -0.493 e. The summed E-state index contributed by atoms with van der Waals surface area (Å²) in [7, 11) is 1.51. The molecule has 3 N–H and O–H groups in total. The first-order valence-corrected chi connectivity index (χ1v) is 7.89. The highest BCUT2D eigenvalue weighted by atomic mass is 79.9. The molecule has 2 aromatic carbocycles. The summed E-state index contributed by atoms with van der Waals surface area (Å²) in [4.78, 5) is 11.6. The van der Waals surface area contributed by atoms with Gasteiger partial charge in [-0.25, -0.2) is 5.84 Å². The number of hydrogen-bond acceptors (Lipinski definition) is 4. The van der Waals surface area contributed by atoms with Crippen molar-refractivity contribution in [1.29, 1.82) is 0 Å². The molecule has 116 valence electrons. The smallest absolute Gasteiger partial charge is 0.265 e. The monoisotopic (exact) mass is 428 g/mol. The zero-order valence-electron chi connectivity index (χ0n) is 11.7. The van der Waals surface area contributed by atoms with Crippen LogP contribution in [-0.2, 0) is 6.61 Å². The Morgan fingerprint density at radius 3 is 2.68 bits per heavy atom. The van der Waals surface area contributed by atoms with Crippen LogP contribution < -0.4 is 20.7 Å². The average molecular weight is 430 g/mol. The molecule has 22 heavy (non-hydrogen) atoms. The summed E-state index contributed by atoms with van der Waals surface area (Å²) in [5.41, 5.74) is 3.46. The van der Waals surface area contributed by atoms with Crippen molar-refractivity contribution < 1.29 is 14.3 Å². The largest absolute Gasteiger partial charge is 0.493 e. The van der Waals surface area contributed by atoms with Crippen LogP contribution in [0, 0.1) is 0 Å². The summed E-state index contributed by atoms with van der Waals surface area (Å²) in [6, 6.07) is 11.0. The fourth-order valence-corrected chi connectivity index (χ4v) is 2.86. The molecule has 0 heterocycles. The quantitative estimate of drug-likeness (QED) is 0.434. The van der Waals surface area contributed by atoms with Gasteiger partial charge in [-0.15, -0.1) is 0 Å². The van der Waals surface area contributed by atoms with Gasteiger partial charge in [-0.05, 0) is 45.8 Å². The van der Waals surface area contributed by atoms with Gasteiger partial charge in [0.15, 0.2) is 11.5 Å². The Kier molecular flexibility index (Phi) is 5.82. The highest BCUT2D eigenvalue weighted by molar-refractivity contribution is 9.10. The molecule has 0 aliphatic carbocycles. The van der Waals surface area contributed by atoms with Gasteiger partial charge in [-0.2, -0.15) is 0 Å². The first-order valence-electron chi connectivity index (χ1n) is 6.31. The SMILES string of the molecule is COc1cc(C(=O)NN)cc(Br)c1OCc1cccc(Br)c1. The molecule has 0 atom stereocenters. The van der Waals surface area contributed by atoms with Crippen LogP contribution in [0.2, 0.25) is 0 Å². The van der Waals surface area contributed by atoms with E-state index in [-0.39, 0.29) is 0 Å². The number of rotatable bonds is 5. The molecule has 0 bridgehead atoms. The lowest BCUT2D eigenvalue weighted by atomic mass is 10.2. The van der Waals surface area contributed by atoms with Crippen molar-refractivity contribution in [3.63, 3.8) is 0 Å². The van der Waals surface area contributed by atoms with Crippen molar-refractivity contribution >= 4 is 37.8 Å². The zero-order valence-corrected chi connectivity index (χ0v) is 14.9. The highest BCUT2D eigenvalue weighted by Crippen LogP contribution is 2.37. The normalized spacial score (nSPS) is 10.2. The summed E-state index contributed by atoms with van der Waals surface area (Å²) in [5, 5.41) is 0. The van der Waals surface area contributed by atoms with Crippen LogP contribution in [-0.4, -0.2) is 13.0 Å². The molecular weight excluding hydrogens is 416 g/mol. The molecule has 0 unspecified atom stereocenters. The minimum atomic E-state index is -0.405. The Morgan fingerprint density at radius 2 is 2.05 bits per heavy atom. The van der Waals surface area contributed by atoms with Crippen LogP contribution in [0.1, 0.15) is 15.9 Å². The second-order valence-electron chi connectivity index (χ2n) is 4.38. The van der Waals surface area contributed by atoms with Crippen LogP contribution in [0.15, 0.2) is 45.3 Å². The lowest BCUT2D eigenvalue weighted by Gasteiger charge is -2.14. The molecule has 2 aromatic rings. The molecule has 0 aliphatic rings. The molecule has 0 saturated heterocycles. The van der Waals surface area contributed by atoms with E-state index in [1.165, 1.54) is 7.11 Å². The third-order valence-corrected chi connectivity index (χ3v) is 3.98. The molecule has 0 fully saturated rings. The van der Waals surface area contributed by atoms with Gasteiger partial charge >= 0.3 is 0 Å². The van der Waals surface area contributed by atoms with E-state index in [1.54, 1.807) is 12.1 Å². The van der Waals surface area contributed by atoms with E-state index in [0.29, 0.717) is 28.1 Å². The molecule has 0 spiro atoms. The number of ether oxygens (including phenoxy) is 2. The number of hydrogen-bond donors (Lipinski definition) is 2. The van der Waals surface area contributed by atoms with E-state index in [4.69, 9.17) is 15.3 Å². The number of carbonyl (C=O) groups is 1. The van der Waals surface area contributed by atoms with Gasteiger partial charge in [0.05, 0.1) is 11.6 Å². The lowest BCUT2D eigenvalue weighted by molar-refractivity contribution is 0.0953. The van der Waals surface area contributed by atoms with Crippen LogP contribution in [0.25, 0.3) is 0 Å². The topological polar surface area (TPSA) is 73.6 Å². The van der Waals surface area contributed by atoms with Crippen LogP contribution in [0.3, 0.4) is 0 Å². The number of benzene rings is 2. The van der Waals surface area contributed by atoms with Crippen molar-refractivity contribution in [1.82, 2.24) is 5.43 Å². The predicted molar refractivity (Wildman–Crippen MR) is 90.8 cm³/mol. The van der Waals surface area contributed by atoms with Gasteiger partial charge in [0.1, 0.15) is 6.61 Å². The third kappa shape index (κ3) is 4.00. The molecule has 0 aliphatic heterocycles. The Balaban J connectivity index is 2.25. The number of nitrogens with one attached hydrogen (secondary N) is 1. The Hall–Kier alpha value is -1.57. The van der Waals surface area contributed by atoms with Crippen LogP contribution in [0.4, 0.5) is 0 Å². The number of halogens is 2. The van der Waals surface area contributed by atoms with Gasteiger partial charge in [0, 0.05) is 10.0 Å². The van der Waals surface area contributed by atoms with Gasteiger partial charge in [-0.3, -0.25) is 10.2 Å². The Morgan fingerprint density at radius 1 is 1.27 bits per heavy atom. The maximum atomic E-state index is 11.6. The number of methoxy groups -OCH3 is 1. The van der Waals surface area contributed by atoms with E-state index in [9.17, 15) is 4.79 Å². The molecule has 7 heteroatoms. The Labute approximate surface area is 145 Å². The fourth-order valence-electron chi connectivity index (χ4n) is 1.86. The lowest BCUT2D eigenvalue weighted by Crippen LogP contribution is -2.30. The third-order valence-electron chi connectivity index (χ3n) is 2.89. The minimum absolute atomic E-state index is 0.372. The first kappa shape index (κ1) is 16.8. The van der Waals surface area contributed by atoms with Gasteiger partial charge in [0.25, 0.3) is 5.91 Å². The van der Waals surface area contributed by atoms with Crippen molar-refractivity contribution in [3.8, 4) is 11.5 Å². The van der Waals surface area contributed by atoms with E-state index in [1.807, 2.05) is 24.3 Å². The summed E-state index contributed by atoms with van der Waals surface area (Å²) in [6.07, 6.45) is 0. The van der Waals surface area contributed by atoms with E-state index < -0.39 is 5.91 Å². The number of carbonyl (C=O) groups excluding carboxylic acids is 1. The fraction of sp³-hybridized carbons (Fsp3) is 0.133. The van der Waals surface area contributed by atoms with E-state index >= 15 is 0 Å². The van der Waals surface area contributed by atoms with Gasteiger partial charge in [-0.1, -0.05) is 28.1 Å².